The Balaban J connectivity index is 3.25. The molecule has 8 heteroatoms. The number of carbonyl (C=O) groups is 2. The van der Waals surface area contributed by atoms with Crippen molar-refractivity contribution in [3.05, 3.63) is 39.4 Å². The van der Waals surface area contributed by atoms with Crippen LogP contribution in [0.5, 0.6) is 0 Å². The Bertz CT molecular complexity index is 530. The van der Waals surface area contributed by atoms with Crippen LogP contribution < -0.4 is 0 Å². The molecule has 0 aliphatic heterocycles. The first-order valence-corrected chi connectivity index (χ1v) is 5.66. The molecule has 102 valence electrons. The molecule has 0 aliphatic carbocycles. The van der Waals surface area contributed by atoms with Crippen molar-refractivity contribution in [1.29, 1.82) is 0 Å². The van der Waals surface area contributed by atoms with Crippen LogP contribution in [0.25, 0.3) is 0 Å². The minimum atomic E-state index is -1.93. The molecule has 1 aromatic rings. The Hall–Kier alpha value is -1.99. The Kier molecular flexibility index (Phi) is 4.96. The summed E-state index contributed by atoms with van der Waals surface area (Å²) in [7, 11) is 0. The summed E-state index contributed by atoms with van der Waals surface area (Å²) in [6, 6.07) is 3.31. The average molecular weight is 288 g/mol. The van der Waals surface area contributed by atoms with E-state index in [4.69, 9.17) is 16.7 Å². The molecule has 2 N–H and O–H groups in total. The van der Waals surface area contributed by atoms with Gasteiger partial charge in [-0.05, 0) is 5.56 Å². The summed E-state index contributed by atoms with van der Waals surface area (Å²) in [6.07, 6.45) is -2.13. The van der Waals surface area contributed by atoms with Crippen molar-refractivity contribution in [3.63, 3.8) is 0 Å². The van der Waals surface area contributed by atoms with E-state index in [1.54, 1.807) is 0 Å². The molecular formula is C11H10ClNO6. The summed E-state index contributed by atoms with van der Waals surface area (Å²) >= 11 is 5.34. The summed E-state index contributed by atoms with van der Waals surface area (Å²) in [5.41, 5.74) is -0.344. The smallest absolute Gasteiger partial charge is 0.337 e. The number of ketones is 1. The number of aliphatic hydroxyl groups excluding tert-OH is 1. The number of hydrogen-bond acceptors (Lipinski definition) is 5. The number of hydrogen-bond donors (Lipinski definition) is 2. The standard InChI is InChI=1S/C11H10ClNO6/c12-5-8(14)3-6-1-2-7(13(18)19)4-9(6)10(15)11(16)17/h1-2,4,10,15H,3,5H2,(H,16,17). The van der Waals surface area contributed by atoms with E-state index in [0.717, 1.165) is 12.1 Å². The molecular weight excluding hydrogens is 278 g/mol. The number of alkyl halides is 1. The van der Waals surface area contributed by atoms with Gasteiger partial charge < -0.3 is 10.2 Å². The van der Waals surface area contributed by atoms with E-state index in [0.29, 0.717) is 0 Å². The van der Waals surface area contributed by atoms with Crippen LogP contribution in [0.1, 0.15) is 17.2 Å². The molecule has 0 bridgehead atoms. The highest BCUT2D eigenvalue weighted by molar-refractivity contribution is 6.27. The van der Waals surface area contributed by atoms with Crippen molar-refractivity contribution >= 4 is 29.0 Å². The van der Waals surface area contributed by atoms with E-state index < -0.39 is 17.0 Å². The predicted octanol–water partition coefficient (Wildman–Crippen LogP) is 1.06. The number of carbonyl (C=O) groups excluding carboxylic acids is 1. The van der Waals surface area contributed by atoms with Gasteiger partial charge in [-0.1, -0.05) is 6.07 Å². The normalized spacial score (nSPS) is 11.9. The lowest BCUT2D eigenvalue weighted by Gasteiger charge is -2.11. The molecule has 0 radical (unpaired) electrons. The summed E-state index contributed by atoms with van der Waals surface area (Å²) in [4.78, 5) is 31.9. The Labute approximate surface area is 112 Å². The number of nitro groups is 1. The number of carboxylic acids is 1. The average Bonchev–Trinajstić information content (AvgIpc) is 2.37. The van der Waals surface area contributed by atoms with E-state index in [1.807, 2.05) is 0 Å². The van der Waals surface area contributed by atoms with E-state index in [2.05, 4.69) is 0 Å². The van der Waals surface area contributed by atoms with Crippen molar-refractivity contribution in [2.24, 2.45) is 0 Å². The molecule has 0 saturated heterocycles. The van der Waals surface area contributed by atoms with Gasteiger partial charge in [-0.25, -0.2) is 4.79 Å². The number of nitro benzene ring substituents is 1. The number of rotatable bonds is 6. The Morgan fingerprint density at radius 3 is 2.53 bits per heavy atom. The summed E-state index contributed by atoms with van der Waals surface area (Å²) in [5.74, 6) is -2.20. The minimum absolute atomic E-state index is 0.180. The molecule has 0 saturated carbocycles. The van der Waals surface area contributed by atoms with Gasteiger partial charge in [-0.15, -0.1) is 11.6 Å². The summed E-state index contributed by atoms with van der Waals surface area (Å²) < 4.78 is 0. The fraction of sp³-hybridized carbons (Fsp3) is 0.273. The predicted molar refractivity (Wildman–Crippen MR) is 65.1 cm³/mol. The van der Waals surface area contributed by atoms with Gasteiger partial charge in [0.15, 0.2) is 11.9 Å². The first-order chi connectivity index (χ1) is 8.86. The van der Waals surface area contributed by atoms with Crippen molar-refractivity contribution in [2.75, 3.05) is 5.88 Å². The number of Topliss-reactive ketones (excluding diaryl/α,β-unsaturated/α-hetero) is 1. The van der Waals surface area contributed by atoms with Crippen LogP contribution in [0.3, 0.4) is 0 Å². The largest absolute Gasteiger partial charge is 0.479 e. The second-order valence-corrected chi connectivity index (χ2v) is 4.00. The molecule has 1 unspecified atom stereocenters. The molecule has 0 aliphatic rings. The zero-order chi connectivity index (χ0) is 14.6. The molecule has 19 heavy (non-hydrogen) atoms. The quantitative estimate of drug-likeness (QED) is 0.459. The van der Waals surface area contributed by atoms with Crippen molar-refractivity contribution in [3.8, 4) is 0 Å². The maximum atomic E-state index is 11.2. The SMILES string of the molecule is O=C(CCl)Cc1ccc([N+](=O)[O-])cc1C(O)C(=O)O. The van der Waals surface area contributed by atoms with Crippen molar-refractivity contribution < 1.29 is 24.7 Å². The number of benzene rings is 1. The Morgan fingerprint density at radius 1 is 1.42 bits per heavy atom. The van der Waals surface area contributed by atoms with E-state index >= 15 is 0 Å². The van der Waals surface area contributed by atoms with E-state index in [1.165, 1.54) is 6.07 Å². The highest BCUT2D eigenvalue weighted by atomic mass is 35.5. The summed E-state index contributed by atoms with van der Waals surface area (Å²) in [6.45, 7) is 0. The third-order valence-corrected chi connectivity index (χ3v) is 2.70. The van der Waals surface area contributed by atoms with Gasteiger partial charge in [-0.2, -0.15) is 0 Å². The molecule has 0 aromatic heterocycles. The van der Waals surface area contributed by atoms with Gasteiger partial charge in [0.1, 0.15) is 0 Å². The van der Waals surface area contributed by atoms with Crippen LogP contribution in [0.2, 0.25) is 0 Å². The third kappa shape index (κ3) is 3.73. The highest BCUT2D eigenvalue weighted by Gasteiger charge is 2.23. The molecule has 1 atom stereocenters. The second kappa shape index (κ2) is 6.26. The van der Waals surface area contributed by atoms with E-state index in [-0.39, 0.29) is 34.9 Å². The molecule has 0 fully saturated rings. The lowest BCUT2D eigenvalue weighted by molar-refractivity contribution is -0.385. The Morgan fingerprint density at radius 2 is 2.05 bits per heavy atom. The van der Waals surface area contributed by atoms with Gasteiger partial charge in [0.2, 0.25) is 0 Å². The third-order valence-electron chi connectivity index (χ3n) is 2.41. The highest BCUT2D eigenvalue weighted by Crippen LogP contribution is 2.24. The molecule has 1 aromatic carbocycles. The zero-order valence-electron chi connectivity index (χ0n) is 9.58. The molecule has 1 rings (SSSR count). The zero-order valence-corrected chi connectivity index (χ0v) is 10.3. The van der Waals surface area contributed by atoms with Gasteiger partial charge in [0.25, 0.3) is 5.69 Å². The lowest BCUT2D eigenvalue weighted by atomic mass is 9.97. The molecule has 0 spiro atoms. The van der Waals surface area contributed by atoms with Gasteiger partial charge in [-0.3, -0.25) is 14.9 Å². The second-order valence-electron chi connectivity index (χ2n) is 3.73. The van der Waals surface area contributed by atoms with E-state index in [9.17, 15) is 24.8 Å². The first-order valence-electron chi connectivity index (χ1n) is 5.12. The number of aliphatic hydroxyl groups is 1. The topological polar surface area (TPSA) is 118 Å². The number of non-ortho nitro benzene ring substituents is 1. The maximum absolute atomic E-state index is 11.2. The fourth-order valence-electron chi connectivity index (χ4n) is 1.50. The van der Waals surface area contributed by atoms with Crippen LogP contribution in [0.15, 0.2) is 18.2 Å². The van der Waals surface area contributed by atoms with Crippen LogP contribution in [-0.2, 0) is 16.0 Å². The number of carboxylic acid groups (broad SMARTS) is 1. The van der Waals surface area contributed by atoms with Crippen molar-refractivity contribution in [1.82, 2.24) is 0 Å². The maximum Gasteiger partial charge on any atom is 0.337 e. The van der Waals surface area contributed by atoms with Crippen LogP contribution in [-0.4, -0.2) is 32.8 Å². The first kappa shape index (κ1) is 15.1. The number of halogens is 1. The van der Waals surface area contributed by atoms with Gasteiger partial charge in [0.05, 0.1) is 10.8 Å². The summed E-state index contributed by atoms with van der Waals surface area (Å²) in [5, 5.41) is 28.9. The fourth-order valence-corrected chi connectivity index (χ4v) is 1.60. The molecule has 7 nitrogen and oxygen atoms in total. The minimum Gasteiger partial charge on any atom is -0.479 e. The molecule has 0 amide bonds. The number of nitrogens with zero attached hydrogens (tertiary/aromatic N) is 1. The van der Waals surface area contributed by atoms with Gasteiger partial charge >= 0.3 is 5.97 Å². The van der Waals surface area contributed by atoms with Crippen LogP contribution in [0, 0.1) is 10.1 Å². The number of aliphatic carboxylic acids is 1. The van der Waals surface area contributed by atoms with Crippen LogP contribution in [0.4, 0.5) is 5.69 Å². The van der Waals surface area contributed by atoms with Gasteiger partial charge in [0, 0.05) is 24.1 Å². The monoisotopic (exact) mass is 287 g/mol. The molecule has 0 heterocycles. The lowest BCUT2D eigenvalue weighted by Crippen LogP contribution is -2.15. The van der Waals surface area contributed by atoms with Crippen molar-refractivity contribution in [2.45, 2.75) is 12.5 Å². The van der Waals surface area contributed by atoms with Crippen LogP contribution >= 0.6 is 11.6 Å².